The molecule has 4 nitrogen and oxygen atoms in total. The van der Waals surface area contributed by atoms with Crippen LogP contribution in [0.3, 0.4) is 0 Å². The van der Waals surface area contributed by atoms with Crippen LogP contribution in [0.1, 0.15) is 22.4 Å². The summed E-state index contributed by atoms with van der Waals surface area (Å²) in [5.74, 6) is 0. The third-order valence-corrected chi connectivity index (χ3v) is 6.95. The van der Waals surface area contributed by atoms with E-state index in [9.17, 15) is 0 Å². The highest BCUT2D eigenvalue weighted by molar-refractivity contribution is 6.10. The van der Waals surface area contributed by atoms with Crippen molar-refractivity contribution in [1.29, 1.82) is 0 Å². The minimum atomic E-state index is 0.879. The summed E-state index contributed by atoms with van der Waals surface area (Å²) in [6.45, 7) is 0. The van der Waals surface area contributed by atoms with Gasteiger partial charge >= 0.3 is 0 Å². The van der Waals surface area contributed by atoms with Gasteiger partial charge in [0.05, 0.1) is 23.1 Å². The lowest BCUT2D eigenvalue weighted by Crippen LogP contribution is -1.97. The van der Waals surface area contributed by atoms with Crippen LogP contribution >= 0.6 is 0 Å². The summed E-state index contributed by atoms with van der Waals surface area (Å²) in [6, 6.07) is 19.7. The monoisotopic (exact) mass is 396 g/mol. The Bertz CT molecular complexity index is 1740. The molecule has 2 aromatic carbocycles. The number of imidazole rings is 1. The number of benzene rings is 2. The molecule has 4 heteroatoms. The SMILES string of the molecule is c1ccc2c(c1)Cc1cc3c(cc1-2)Cc1c-3nc2c3ncccc3c3ccncc3n12. The minimum absolute atomic E-state index is 0.879. The summed E-state index contributed by atoms with van der Waals surface area (Å²) in [7, 11) is 0. The third kappa shape index (κ3) is 1.88. The Labute approximate surface area is 177 Å². The first-order valence-electron chi connectivity index (χ1n) is 10.6. The van der Waals surface area contributed by atoms with Crippen molar-refractivity contribution in [2.45, 2.75) is 12.8 Å². The molecule has 0 N–H and O–H groups in total. The van der Waals surface area contributed by atoms with E-state index in [0.29, 0.717) is 0 Å². The average molecular weight is 396 g/mol. The van der Waals surface area contributed by atoms with E-state index < -0.39 is 0 Å². The van der Waals surface area contributed by atoms with E-state index in [0.717, 1.165) is 46.0 Å². The van der Waals surface area contributed by atoms with E-state index in [4.69, 9.17) is 9.97 Å². The quantitative estimate of drug-likeness (QED) is 0.315. The van der Waals surface area contributed by atoms with Crippen LogP contribution in [0.5, 0.6) is 0 Å². The zero-order chi connectivity index (χ0) is 20.1. The van der Waals surface area contributed by atoms with Crippen molar-refractivity contribution in [2.75, 3.05) is 0 Å². The lowest BCUT2D eigenvalue weighted by atomic mass is 9.99. The van der Waals surface area contributed by atoms with Crippen molar-refractivity contribution < 1.29 is 0 Å². The van der Waals surface area contributed by atoms with Gasteiger partial charge in [-0.25, -0.2) is 4.98 Å². The Morgan fingerprint density at radius 1 is 0.742 bits per heavy atom. The minimum Gasteiger partial charge on any atom is -0.292 e. The van der Waals surface area contributed by atoms with Crippen LogP contribution in [0, 0.1) is 0 Å². The topological polar surface area (TPSA) is 43.1 Å². The molecule has 0 radical (unpaired) electrons. The van der Waals surface area contributed by atoms with Gasteiger partial charge in [0.25, 0.3) is 0 Å². The molecule has 0 fully saturated rings. The number of aromatic nitrogens is 4. The van der Waals surface area contributed by atoms with Crippen molar-refractivity contribution in [3.8, 4) is 22.4 Å². The lowest BCUT2D eigenvalue weighted by Gasteiger charge is -2.09. The van der Waals surface area contributed by atoms with Crippen molar-refractivity contribution in [3.05, 3.63) is 95.6 Å². The number of hydrogen-bond donors (Lipinski definition) is 0. The molecule has 0 saturated heterocycles. The molecular weight excluding hydrogens is 380 g/mol. The second-order valence-electron chi connectivity index (χ2n) is 8.54. The molecule has 0 bridgehead atoms. The molecular formula is C27H16N4. The van der Waals surface area contributed by atoms with Gasteiger partial charge in [-0.15, -0.1) is 0 Å². The molecule has 8 rings (SSSR count). The molecule has 0 unspecified atom stereocenters. The van der Waals surface area contributed by atoms with E-state index in [1.807, 2.05) is 24.7 Å². The first kappa shape index (κ1) is 15.7. The van der Waals surface area contributed by atoms with Gasteiger partial charge in [-0.05, 0) is 58.5 Å². The number of hydrogen-bond acceptors (Lipinski definition) is 3. The molecule has 0 amide bonds. The van der Waals surface area contributed by atoms with E-state index in [2.05, 4.69) is 57.9 Å². The van der Waals surface area contributed by atoms with E-state index in [-0.39, 0.29) is 0 Å². The molecule has 0 atom stereocenters. The fraction of sp³-hybridized carbons (Fsp3) is 0.0741. The highest BCUT2D eigenvalue weighted by Gasteiger charge is 2.29. The Morgan fingerprint density at radius 3 is 2.65 bits per heavy atom. The van der Waals surface area contributed by atoms with Crippen LogP contribution in [-0.4, -0.2) is 19.4 Å². The summed E-state index contributed by atoms with van der Waals surface area (Å²) < 4.78 is 2.28. The van der Waals surface area contributed by atoms with Crippen LogP contribution in [0.15, 0.2) is 73.2 Å². The fourth-order valence-corrected chi connectivity index (χ4v) is 5.62. The molecule has 0 spiro atoms. The van der Waals surface area contributed by atoms with Gasteiger partial charge in [0.2, 0.25) is 0 Å². The fourth-order valence-electron chi connectivity index (χ4n) is 5.62. The predicted molar refractivity (Wildman–Crippen MR) is 122 cm³/mol. The standard InChI is InChI=1S/C27H16N4/c1-2-5-18-15(4-1)10-16-12-22-17(11-21(16)18)13-23-25(22)30-27-26-20(6-3-8-29-26)19-7-9-28-14-24(19)31(23)27/h1-9,11-12,14H,10,13H2. The van der Waals surface area contributed by atoms with Crippen LogP contribution in [-0.2, 0) is 12.8 Å². The molecule has 0 aliphatic heterocycles. The maximum atomic E-state index is 5.16. The molecule has 4 aromatic heterocycles. The van der Waals surface area contributed by atoms with E-state index in [1.165, 1.54) is 39.1 Å². The van der Waals surface area contributed by atoms with Gasteiger partial charge in [0.1, 0.15) is 5.52 Å². The summed E-state index contributed by atoms with van der Waals surface area (Å²) in [6.07, 6.45) is 7.54. The predicted octanol–water partition coefficient (Wildman–Crippen LogP) is 5.57. The molecule has 0 saturated carbocycles. The summed E-state index contributed by atoms with van der Waals surface area (Å²) >= 11 is 0. The maximum Gasteiger partial charge on any atom is 0.164 e. The van der Waals surface area contributed by atoms with Crippen LogP contribution in [0.4, 0.5) is 0 Å². The molecule has 2 aliphatic rings. The molecule has 2 aliphatic carbocycles. The zero-order valence-electron chi connectivity index (χ0n) is 16.6. The highest BCUT2D eigenvalue weighted by Crippen LogP contribution is 2.45. The van der Waals surface area contributed by atoms with E-state index >= 15 is 0 Å². The van der Waals surface area contributed by atoms with Gasteiger partial charge in [0, 0.05) is 35.2 Å². The Morgan fingerprint density at radius 2 is 1.65 bits per heavy atom. The largest absolute Gasteiger partial charge is 0.292 e. The second kappa shape index (κ2) is 5.35. The van der Waals surface area contributed by atoms with Gasteiger partial charge in [-0.2, -0.15) is 0 Å². The number of fused-ring (bicyclic) bond motifs is 13. The molecule has 4 heterocycles. The maximum absolute atomic E-state index is 5.16. The number of nitrogens with zero attached hydrogens (tertiary/aromatic N) is 4. The highest BCUT2D eigenvalue weighted by atomic mass is 15.1. The number of pyridine rings is 3. The zero-order valence-corrected chi connectivity index (χ0v) is 16.6. The van der Waals surface area contributed by atoms with Gasteiger partial charge in [-0.3, -0.25) is 14.4 Å². The van der Waals surface area contributed by atoms with Gasteiger partial charge in [-0.1, -0.05) is 30.3 Å². The van der Waals surface area contributed by atoms with Crippen LogP contribution in [0.25, 0.3) is 49.8 Å². The smallest absolute Gasteiger partial charge is 0.164 e. The Kier molecular flexibility index (Phi) is 2.72. The van der Waals surface area contributed by atoms with Crippen molar-refractivity contribution in [1.82, 2.24) is 19.4 Å². The lowest BCUT2D eigenvalue weighted by molar-refractivity contribution is 1.08. The van der Waals surface area contributed by atoms with Gasteiger partial charge in [0.15, 0.2) is 5.65 Å². The third-order valence-electron chi connectivity index (χ3n) is 6.95. The van der Waals surface area contributed by atoms with Crippen molar-refractivity contribution in [2.24, 2.45) is 0 Å². The molecule has 31 heavy (non-hydrogen) atoms. The first-order chi connectivity index (χ1) is 15.4. The average Bonchev–Trinajstić information content (AvgIpc) is 3.47. The normalized spacial score (nSPS) is 13.5. The van der Waals surface area contributed by atoms with Crippen molar-refractivity contribution in [3.63, 3.8) is 0 Å². The second-order valence-corrected chi connectivity index (χ2v) is 8.54. The van der Waals surface area contributed by atoms with E-state index in [1.54, 1.807) is 0 Å². The van der Waals surface area contributed by atoms with Crippen molar-refractivity contribution >= 4 is 27.5 Å². The number of rotatable bonds is 0. The summed E-state index contributed by atoms with van der Waals surface area (Å²) in [4.78, 5) is 14.3. The van der Waals surface area contributed by atoms with Crippen LogP contribution in [0.2, 0.25) is 0 Å². The van der Waals surface area contributed by atoms with Gasteiger partial charge < -0.3 is 0 Å². The molecule has 144 valence electrons. The first-order valence-corrected chi connectivity index (χ1v) is 10.6. The Balaban J connectivity index is 1.46. The Hall–Kier alpha value is -4.05. The van der Waals surface area contributed by atoms with Crippen LogP contribution < -0.4 is 0 Å². The summed E-state index contributed by atoms with van der Waals surface area (Å²) in [5.41, 5.74) is 13.5. The summed E-state index contributed by atoms with van der Waals surface area (Å²) in [5, 5.41) is 2.29. The molecule has 6 aromatic rings.